The third-order valence-electron chi connectivity index (χ3n) is 3.23. The predicted molar refractivity (Wildman–Crippen MR) is 124 cm³/mol. The van der Waals surface area contributed by atoms with E-state index in [9.17, 15) is 9.59 Å². The van der Waals surface area contributed by atoms with Gasteiger partial charge in [-0.25, -0.2) is 9.59 Å². The number of hydrogen-bond acceptors (Lipinski definition) is 6. The van der Waals surface area contributed by atoms with Crippen molar-refractivity contribution in [1.82, 2.24) is 0 Å². The van der Waals surface area contributed by atoms with E-state index in [1.54, 1.807) is 21.6 Å². The first kappa shape index (κ1) is 24.0. The average Bonchev–Trinajstić information content (AvgIpc) is 2.59. The summed E-state index contributed by atoms with van der Waals surface area (Å²) in [6.45, 7) is 10.9. The Hall–Kier alpha value is -2.32. The van der Waals surface area contributed by atoms with Crippen molar-refractivity contribution in [3.8, 4) is 0 Å². The lowest BCUT2D eigenvalue weighted by Gasteiger charge is -2.19. The molecule has 0 saturated carbocycles. The van der Waals surface area contributed by atoms with Crippen molar-refractivity contribution in [2.45, 2.75) is 62.5 Å². The van der Waals surface area contributed by atoms with Gasteiger partial charge in [0.2, 0.25) is 0 Å². The molecular weight excluding hydrogens is 420 g/mol. The molecule has 2 amide bonds. The maximum atomic E-state index is 11.8. The van der Waals surface area contributed by atoms with Gasteiger partial charge >= 0.3 is 12.2 Å². The van der Waals surface area contributed by atoms with Gasteiger partial charge < -0.3 is 9.47 Å². The summed E-state index contributed by atoms with van der Waals surface area (Å²) in [5.41, 5.74) is 0.288. The van der Waals surface area contributed by atoms with E-state index in [0.29, 0.717) is 11.4 Å². The van der Waals surface area contributed by atoms with E-state index in [4.69, 9.17) is 9.47 Å². The summed E-state index contributed by atoms with van der Waals surface area (Å²) in [5, 5.41) is 5.43. The Labute approximate surface area is 185 Å². The van der Waals surface area contributed by atoms with Gasteiger partial charge in [-0.1, -0.05) is 21.6 Å². The largest absolute Gasteiger partial charge is 0.444 e. The van der Waals surface area contributed by atoms with Gasteiger partial charge in [-0.3, -0.25) is 10.6 Å². The van der Waals surface area contributed by atoms with Crippen LogP contribution in [0.4, 0.5) is 21.0 Å². The highest BCUT2D eigenvalue weighted by atomic mass is 33.1. The summed E-state index contributed by atoms with van der Waals surface area (Å²) in [5.74, 6) is 0. The summed E-state index contributed by atoms with van der Waals surface area (Å²) in [6.07, 6.45) is -0.949. The maximum Gasteiger partial charge on any atom is 0.412 e. The second kappa shape index (κ2) is 10.1. The molecular formula is C22H28N2O4S2. The molecule has 2 rings (SSSR count). The van der Waals surface area contributed by atoms with Crippen LogP contribution in [0.3, 0.4) is 0 Å². The molecule has 0 bridgehead atoms. The summed E-state index contributed by atoms with van der Waals surface area (Å²) in [6, 6.07) is 15.1. The van der Waals surface area contributed by atoms with Crippen molar-refractivity contribution in [2.24, 2.45) is 0 Å². The molecule has 2 N–H and O–H groups in total. The number of ether oxygens (including phenoxy) is 2. The third-order valence-corrected chi connectivity index (χ3v) is 5.65. The van der Waals surface area contributed by atoms with Crippen LogP contribution in [0.15, 0.2) is 58.3 Å². The zero-order chi connectivity index (χ0) is 22.4. The predicted octanol–water partition coefficient (Wildman–Crippen LogP) is 7.18. The van der Waals surface area contributed by atoms with Gasteiger partial charge in [0.1, 0.15) is 11.2 Å². The summed E-state index contributed by atoms with van der Waals surface area (Å²) in [7, 11) is 3.20. The van der Waals surface area contributed by atoms with Crippen molar-refractivity contribution in [2.75, 3.05) is 10.6 Å². The number of rotatable bonds is 5. The number of benzene rings is 2. The lowest BCUT2D eigenvalue weighted by atomic mass is 10.2. The lowest BCUT2D eigenvalue weighted by Crippen LogP contribution is -2.27. The molecule has 30 heavy (non-hydrogen) atoms. The first-order valence-electron chi connectivity index (χ1n) is 9.44. The molecule has 0 heterocycles. The van der Waals surface area contributed by atoms with Gasteiger partial charge in [0, 0.05) is 21.2 Å². The van der Waals surface area contributed by atoms with Crippen LogP contribution >= 0.6 is 21.6 Å². The quantitative estimate of drug-likeness (QED) is 0.472. The minimum atomic E-state index is -0.533. The monoisotopic (exact) mass is 448 g/mol. The highest BCUT2D eigenvalue weighted by Crippen LogP contribution is 2.38. The van der Waals surface area contributed by atoms with Crippen LogP contribution in [0.5, 0.6) is 0 Å². The van der Waals surface area contributed by atoms with Gasteiger partial charge in [-0.15, -0.1) is 0 Å². The van der Waals surface area contributed by atoms with Crippen molar-refractivity contribution in [3.63, 3.8) is 0 Å². The van der Waals surface area contributed by atoms with E-state index in [1.165, 1.54) is 0 Å². The molecule has 8 heteroatoms. The van der Waals surface area contributed by atoms with Crippen LogP contribution in [0, 0.1) is 0 Å². The Morgan fingerprint density at radius 2 is 0.933 bits per heavy atom. The van der Waals surface area contributed by atoms with Gasteiger partial charge in [0.05, 0.1) is 0 Å². The molecule has 0 aliphatic heterocycles. The summed E-state index contributed by atoms with van der Waals surface area (Å²) in [4.78, 5) is 25.7. The molecule has 0 saturated heterocycles. The number of nitrogens with one attached hydrogen (secondary N) is 2. The SMILES string of the molecule is CC(C)(C)OC(=O)Nc1ccc(SSc2ccc(NC(=O)OC(C)(C)C)cc2)cc1. The Bertz CT molecular complexity index is 781. The minimum Gasteiger partial charge on any atom is -0.444 e. The molecule has 0 aliphatic rings. The van der Waals surface area contributed by atoms with Gasteiger partial charge in [0.25, 0.3) is 0 Å². The molecule has 0 radical (unpaired) electrons. The van der Waals surface area contributed by atoms with Crippen molar-refractivity contribution in [3.05, 3.63) is 48.5 Å². The van der Waals surface area contributed by atoms with E-state index in [2.05, 4.69) is 10.6 Å². The molecule has 0 aliphatic carbocycles. The smallest absolute Gasteiger partial charge is 0.412 e. The number of amides is 2. The standard InChI is InChI=1S/C22H28N2O4S2/c1-21(2,3)27-19(25)23-15-7-11-17(12-8-15)29-30-18-13-9-16(10-14-18)24-20(26)28-22(4,5)6/h7-14H,1-6H3,(H,23,25)(H,24,26). The number of anilines is 2. The molecule has 0 unspecified atom stereocenters. The molecule has 162 valence electrons. The van der Waals surface area contributed by atoms with E-state index < -0.39 is 23.4 Å². The fraction of sp³-hybridized carbons (Fsp3) is 0.364. The van der Waals surface area contributed by atoms with E-state index in [0.717, 1.165) is 9.79 Å². The highest BCUT2D eigenvalue weighted by Gasteiger charge is 2.17. The van der Waals surface area contributed by atoms with Gasteiger partial charge in [0.15, 0.2) is 0 Å². The van der Waals surface area contributed by atoms with Crippen LogP contribution in [0.1, 0.15) is 41.5 Å². The third kappa shape index (κ3) is 9.45. The average molecular weight is 449 g/mol. The first-order chi connectivity index (χ1) is 13.9. The van der Waals surface area contributed by atoms with Crippen LogP contribution < -0.4 is 10.6 Å². The van der Waals surface area contributed by atoms with Crippen LogP contribution in [-0.2, 0) is 9.47 Å². The molecule has 0 aromatic heterocycles. The summed E-state index contributed by atoms with van der Waals surface area (Å²) >= 11 is 0. The van der Waals surface area contributed by atoms with Crippen LogP contribution in [0.25, 0.3) is 0 Å². The number of carbonyl (C=O) groups excluding carboxylic acids is 2. The normalized spacial score (nSPS) is 11.5. The van der Waals surface area contributed by atoms with Gasteiger partial charge in [-0.05, 0) is 90.1 Å². The number of hydrogen-bond donors (Lipinski definition) is 2. The Kier molecular flexibility index (Phi) is 8.09. The number of carbonyl (C=O) groups is 2. The second-order valence-electron chi connectivity index (χ2n) is 8.47. The van der Waals surface area contributed by atoms with Gasteiger partial charge in [-0.2, -0.15) is 0 Å². The molecule has 2 aromatic rings. The Morgan fingerprint density at radius 1 is 0.633 bits per heavy atom. The fourth-order valence-corrected chi connectivity index (χ4v) is 4.06. The van der Waals surface area contributed by atoms with Crippen molar-refractivity contribution in [1.29, 1.82) is 0 Å². The van der Waals surface area contributed by atoms with E-state index >= 15 is 0 Å². The molecule has 6 nitrogen and oxygen atoms in total. The molecule has 0 fully saturated rings. The van der Waals surface area contributed by atoms with Crippen molar-refractivity contribution < 1.29 is 19.1 Å². The van der Waals surface area contributed by atoms with Crippen LogP contribution in [-0.4, -0.2) is 23.4 Å². The van der Waals surface area contributed by atoms with Crippen molar-refractivity contribution >= 4 is 45.1 Å². The Morgan fingerprint density at radius 3 is 1.20 bits per heavy atom. The maximum absolute atomic E-state index is 11.8. The molecule has 0 atom stereocenters. The van der Waals surface area contributed by atoms with Crippen LogP contribution in [0.2, 0.25) is 0 Å². The topological polar surface area (TPSA) is 76.7 Å². The minimum absolute atomic E-state index is 0.475. The summed E-state index contributed by atoms with van der Waals surface area (Å²) < 4.78 is 10.5. The molecule has 0 spiro atoms. The Balaban J connectivity index is 1.83. The first-order valence-corrected chi connectivity index (χ1v) is 11.6. The van der Waals surface area contributed by atoms with E-state index in [1.807, 2.05) is 90.1 Å². The fourth-order valence-electron chi connectivity index (χ4n) is 2.13. The molecule has 2 aromatic carbocycles. The zero-order valence-corrected chi connectivity index (χ0v) is 19.7. The van der Waals surface area contributed by atoms with E-state index in [-0.39, 0.29) is 0 Å². The lowest BCUT2D eigenvalue weighted by molar-refractivity contribution is 0.0624. The second-order valence-corrected chi connectivity index (χ2v) is 10.7. The highest BCUT2D eigenvalue weighted by molar-refractivity contribution is 8.76. The zero-order valence-electron chi connectivity index (χ0n) is 18.1.